The van der Waals surface area contributed by atoms with Gasteiger partial charge in [-0.2, -0.15) is 5.10 Å². The quantitative estimate of drug-likeness (QED) is 0.863. The number of hydrogen-bond acceptors (Lipinski definition) is 5. The highest BCUT2D eigenvalue weighted by molar-refractivity contribution is 5.77. The SMILES string of the molecule is O=C(CC1(O)CCCCC1)N1CCO[C@@H](c2cccc(-c3cn[nH]c3)n2)C1. The second-order valence-corrected chi connectivity index (χ2v) is 7.60. The molecule has 27 heavy (non-hydrogen) atoms. The van der Waals surface area contributed by atoms with Gasteiger partial charge in [0, 0.05) is 18.3 Å². The van der Waals surface area contributed by atoms with Crippen molar-refractivity contribution >= 4 is 5.91 Å². The monoisotopic (exact) mass is 370 g/mol. The first-order valence-electron chi connectivity index (χ1n) is 9.71. The molecule has 0 unspecified atom stereocenters. The van der Waals surface area contributed by atoms with Gasteiger partial charge in [0.2, 0.25) is 5.91 Å². The fraction of sp³-hybridized carbons (Fsp3) is 0.550. The summed E-state index contributed by atoms with van der Waals surface area (Å²) < 4.78 is 5.89. The Morgan fingerprint density at radius 1 is 1.33 bits per heavy atom. The molecule has 1 saturated carbocycles. The van der Waals surface area contributed by atoms with Crippen LogP contribution >= 0.6 is 0 Å². The van der Waals surface area contributed by atoms with Crippen LogP contribution in [0.4, 0.5) is 0 Å². The molecule has 144 valence electrons. The van der Waals surface area contributed by atoms with Gasteiger partial charge in [0.15, 0.2) is 0 Å². The van der Waals surface area contributed by atoms with Gasteiger partial charge in [0.05, 0.1) is 42.8 Å². The Bertz CT molecular complexity index is 771. The lowest BCUT2D eigenvalue weighted by Crippen LogP contribution is -2.46. The first kappa shape index (κ1) is 18.1. The highest BCUT2D eigenvalue weighted by Crippen LogP contribution is 2.32. The Morgan fingerprint density at radius 2 is 2.19 bits per heavy atom. The normalized spacial score (nSPS) is 22.6. The smallest absolute Gasteiger partial charge is 0.225 e. The van der Waals surface area contributed by atoms with E-state index in [1.165, 1.54) is 0 Å². The summed E-state index contributed by atoms with van der Waals surface area (Å²) in [7, 11) is 0. The number of carbonyl (C=O) groups excluding carboxylic acids is 1. The van der Waals surface area contributed by atoms with Gasteiger partial charge in [-0.15, -0.1) is 0 Å². The molecule has 1 aliphatic carbocycles. The number of morpholine rings is 1. The first-order chi connectivity index (χ1) is 13.1. The van der Waals surface area contributed by atoms with Crippen LogP contribution in [0.1, 0.15) is 50.3 Å². The molecule has 7 heteroatoms. The first-order valence-corrected chi connectivity index (χ1v) is 9.71. The summed E-state index contributed by atoms with van der Waals surface area (Å²) in [6, 6.07) is 5.80. The number of carbonyl (C=O) groups is 1. The highest BCUT2D eigenvalue weighted by Gasteiger charge is 2.35. The number of nitrogens with zero attached hydrogens (tertiary/aromatic N) is 3. The highest BCUT2D eigenvalue weighted by atomic mass is 16.5. The average molecular weight is 370 g/mol. The van der Waals surface area contributed by atoms with Crippen molar-refractivity contribution in [1.82, 2.24) is 20.1 Å². The minimum atomic E-state index is -0.831. The lowest BCUT2D eigenvalue weighted by molar-refractivity contribution is -0.145. The molecule has 7 nitrogen and oxygen atoms in total. The molecule has 0 spiro atoms. The maximum atomic E-state index is 12.8. The van der Waals surface area contributed by atoms with Crippen molar-refractivity contribution in [1.29, 1.82) is 0 Å². The van der Waals surface area contributed by atoms with E-state index >= 15 is 0 Å². The van der Waals surface area contributed by atoms with Crippen LogP contribution in [0, 0.1) is 0 Å². The molecular weight excluding hydrogens is 344 g/mol. The zero-order chi connectivity index (χ0) is 18.7. The summed E-state index contributed by atoms with van der Waals surface area (Å²) in [6.45, 7) is 1.51. The largest absolute Gasteiger partial charge is 0.389 e. The average Bonchev–Trinajstić information content (AvgIpc) is 3.23. The Kier molecular flexibility index (Phi) is 5.22. The number of hydrogen-bond donors (Lipinski definition) is 2. The number of ether oxygens (including phenoxy) is 1. The molecule has 2 N–H and O–H groups in total. The second kappa shape index (κ2) is 7.78. The molecule has 0 aromatic carbocycles. The summed E-state index contributed by atoms with van der Waals surface area (Å²) in [5, 5.41) is 17.5. The van der Waals surface area contributed by atoms with E-state index in [9.17, 15) is 9.90 Å². The zero-order valence-electron chi connectivity index (χ0n) is 15.4. The van der Waals surface area contributed by atoms with Crippen molar-refractivity contribution in [2.45, 2.75) is 50.2 Å². The number of nitrogens with one attached hydrogen (secondary N) is 1. The van der Waals surface area contributed by atoms with Crippen molar-refractivity contribution in [3.8, 4) is 11.3 Å². The molecule has 3 heterocycles. The number of pyridine rings is 1. The predicted octanol–water partition coefficient (Wildman–Crippen LogP) is 2.46. The summed E-state index contributed by atoms with van der Waals surface area (Å²) in [5.74, 6) is 0.0127. The van der Waals surface area contributed by atoms with Crippen molar-refractivity contribution in [3.63, 3.8) is 0 Å². The van der Waals surface area contributed by atoms with E-state index in [-0.39, 0.29) is 18.4 Å². The molecule has 2 aromatic rings. The van der Waals surface area contributed by atoms with E-state index in [1.807, 2.05) is 23.1 Å². The third kappa shape index (κ3) is 4.20. The van der Waals surface area contributed by atoms with E-state index in [0.29, 0.717) is 19.7 Å². The Hall–Kier alpha value is -2.25. The van der Waals surface area contributed by atoms with E-state index in [4.69, 9.17) is 4.74 Å². The van der Waals surface area contributed by atoms with Gasteiger partial charge in [-0.1, -0.05) is 25.3 Å². The molecule has 1 atom stereocenters. The summed E-state index contributed by atoms with van der Waals surface area (Å²) in [4.78, 5) is 19.3. The van der Waals surface area contributed by atoms with Crippen LogP contribution in [-0.2, 0) is 9.53 Å². The van der Waals surface area contributed by atoms with E-state index < -0.39 is 5.60 Å². The lowest BCUT2D eigenvalue weighted by Gasteiger charge is -2.37. The van der Waals surface area contributed by atoms with Crippen LogP contribution in [0.2, 0.25) is 0 Å². The molecule has 1 aliphatic heterocycles. The molecule has 2 aromatic heterocycles. The van der Waals surface area contributed by atoms with Crippen LogP contribution in [0.25, 0.3) is 11.3 Å². The van der Waals surface area contributed by atoms with E-state index in [0.717, 1.165) is 49.1 Å². The third-order valence-corrected chi connectivity index (χ3v) is 5.58. The maximum Gasteiger partial charge on any atom is 0.225 e. The number of H-pyrrole nitrogens is 1. The molecule has 0 radical (unpaired) electrons. The van der Waals surface area contributed by atoms with Gasteiger partial charge in [-0.05, 0) is 25.0 Å². The molecule has 2 aliphatic rings. The summed E-state index contributed by atoms with van der Waals surface area (Å²) >= 11 is 0. The van der Waals surface area contributed by atoms with Crippen molar-refractivity contribution in [2.24, 2.45) is 0 Å². The molecule has 2 fully saturated rings. The zero-order valence-corrected chi connectivity index (χ0v) is 15.4. The standard InChI is InChI=1S/C20H26N4O3/c25-19(11-20(26)7-2-1-3-8-20)24-9-10-27-18(14-24)17-6-4-5-16(23-17)15-12-21-22-13-15/h4-6,12-13,18,26H,1-3,7-11,14H2,(H,21,22)/t18-/m1/s1. The van der Waals surface area contributed by atoms with Crippen LogP contribution in [0.5, 0.6) is 0 Å². The van der Waals surface area contributed by atoms with Crippen molar-refractivity contribution in [2.75, 3.05) is 19.7 Å². The summed E-state index contributed by atoms with van der Waals surface area (Å²) in [5.41, 5.74) is 1.72. The molecular formula is C20H26N4O3. The number of amides is 1. The Balaban J connectivity index is 1.43. The second-order valence-electron chi connectivity index (χ2n) is 7.60. The number of rotatable bonds is 4. The Labute approximate surface area is 158 Å². The van der Waals surface area contributed by atoms with E-state index in [1.54, 1.807) is 12.4 Å². The summed E-state index contributed by atoms with van der Waals surface area (Å²) in [6.07, 6.45) is 8.08. The molecule has 4 rings (SSSR count). The van der Waals surface area contributed by atoms with Gasteiger partial charge >= 0.3 is 0 Å². The van der Waals surface area contributed by atoms with Crippen LogP contribution < -0.4 is 0 Å². The lowest BCUT2D eigenvalue weighted by atomic mass is 9.82. The van der Waals surface area contributed by atoms with Crippen LogP contribution in [-0.4, -0.2) is 56.4 Å². The minimum Gasteiger partial charge on any atom is -0.389 e. The topological polar surface area (TPSA) is 91.3 Å². The molecule has 0 bridgehead atoms. The van der Waals surface area contributed by atoms with Crippen molar-refractivity contribution in [3.05, 3.63) is 36.3 Å². The van der Waals surface area contributed by atoms with Crippen molar-refractivity contribution < 1.29 is 14.6 Å². The van der Waals surface area contributed by atoms with Gasteiger partial charge in [0.25, 0.3) is 0 Å². The maximum absolute atomic E-state index is 12.8. The fourth-order valence-electron chi connectivity index (χ4n) is 4.02. The minimum absolute atomic E-state index is 0.0127. The van der Waals surface area contributed by atoms with Gasteiger partial charge in [-0.25, -0.2) is 4.98 Å². The fourth-order valence-corrected chi connectivity index (χ4v) is 4.02. The molecule has 1 amide bonds. The molecule has 1 saturated heterocycles. The number of aromatic amines is 1. The third-order valence-electron chi connectivity index (χ3n) is 5.58. The predicted molar refractivity (Wildman–Crippen MR) is 99.7 cm³/mol. The van der Waals surface area contributed by atoms with Gasteiger partial charge in [0.1, 0.15) is 6.10 Å². The van der Waals surface area contributed by atoms with Gasteiger partial charge in [-0.3, -0.25) is 9.89 Å². The Morgan fingerprint density at radius 3 is 2.96 bits per heavy atom. The van der Waals surface area contributed by atoms with Crippen LogP contribution in [0.15, 0.2) is 30.6 Å². The van der Waals surface area contributed by atoms with E-state index in [2.05, 4.69) is 15.2 Å². The van der Waals surface area contributed by atoms with Crippen LogP contribution in [0.3, 0.4) is 0 Å². The number of aromatic nitrogens is 3. The van der Waals surface area contributed by atoms with Gasteiger partial charge < -0.3 is 14.7 Å². The number of aliphatic hydroxyl groups is 1.